The number of pyridine rings is 1. The molecule has 25 heavy (non-hydrogen) atoms. The number of anilines is 1. The molecule has 1 N–H and O–H groups in total. The van der Waals surface area contributed by atoms with Crippen molar-refractivity contribution < 1.29 is 4.79 Å². The van der Waals surface area contributed by atoms with Crippen LogP contribution < -0.4 is 5.32 Å². The number of carbonyl (C=O) groups excluding carboxylic acids is 1. The molecule has 6 heteroatoms. The maximum atomic E-state index is 12.5. The van der Waals surface area contributed by atoms with E-state index in [2.05, 4.69) is 41.0 Å². The van der Waals surface area contributed by atoms with Gasteiger partial charge < -0.3 is 4.57 Å². The molecule has 0 saturated carbocycles. The van der Waals surface area contributed by atoms with E-state index in [0.29, 0.717) is 18.2 Å². The molecular weight excluding hydrogens is 314 g/mol. The summed E-state index contributed by atoms with van der Waals surface area (Å²) >= 11 is 0. The number of hydrogen-bond donors (Lipinski definition) is 1. The lowest BCUT2D eigenvalue weighted by molar-refractivity contribution is 0.101. The smallest absolute Gasteiger partial charge is 0.274 e. The average Bonchev–Trinajstić information content (AvgIpc) is 3.04. The van der Waals surface area contributed by atoms with Crippen molar-refractivity contribution in [1.82, 2.24) is 19.5 Å². The highest BCUT2D eigenvalue weighted by Crippen LogP contribution is 2.20. The van der Waals surface area contributed by atoms with E-state index >= 15 is 0 Å². The zero-order valence-electron chi connectivity index (χ0n) is 14.6. The predicted octanol–water partition coefficient (Wildman–Crippen LogP) is 3.27. The van der Waals surface area contributed by atoms with E-state index < -0.39 is 0 Å². The van der Waals surface area contributed by atoms with Crippen molar-refractivity contribution in [3.05, 3.63) is 72.1 Å². The summed E-state index contributed by atoms with van der Waals surface area (Å²) in [7, 11) is 0. The maximum absolute atomic E-state index is 12.5. The molecule has 0 aromatic carbocycles. The minimum Gasteiger partial charge on any atom is -0.339 e. The van der Waals surface area contributed by atoms with Crippen LogP contribution in [0.2, 0.25) is 0 Å². The normalized spacial score (nSPS) is 11.3. The fourth-order valence-corrected chi connectivity index (χ4v) is 2.39. The van der Waals surface area contributed by atoms with Gasteiger partial charge in [-0.05, 0) is 40.8 Å². The zero-order valence-corrected chi connectivity index (χ0v) is 14.6. The summed E-state index contributed by atoms with van der Waals surface area (Å²) in [5, 5.41) is 2.75. The summed E-state index contributed by atoms with van der Waals surface area (Å²) < 4.78 is 1.88. The fourth-order valence-electron chi connectivity index (χ4n) is 2.39. The van der Waals surface area contributed by atoms with Gasteiger partial charge in [0.15, 0.2) is 0 Å². The van der Waals surface area contributed by atoms with Crippen LogP contribution in [0.1, 0.15) is 42.4 Å². The first-order valence-corrected chi connectivity index (χ1v) is 8.11. The highest BCUT2D eigenvalue weighted by Gasteiger charge is 2.16. The summed E-state index contributed by atoms with van der Waals surface area (Å²) in [5.74, 6) is 0.0669. The number of aromatic nitrogens is 4. The molecule has 0 aliphatic rings. The van der Waals surface area contributed by atoms with Crippen LogP contribution in [0.5, 0.6) is 0 Å². The quantitative estimate of drug-likeness (QED) is 0.794. The summed E-state index contributed by atoms with van der Waals surface area (Å²) in [5.41, 5.74) is 2.62. The van der Waals surface area contributed by atoms with Crippen molar-refractivity contribution in [3.8, 4) is 0 Å². The Kier molecular flexibility index (Phi) is 4.61. The second-order valence-corrected chi connectivity index (χ2v) is 6.88. The Labute approximate surface area is 147 Å². The molecule has 3 aromatic rings. The van der Waals surface area contributed by atoms with Gasteiger partial charge in [0.2, 0.25) is 5.95 Å². The standard InChI is InChI=1S/C19H21N5O/c1-19(2,3)15-11-21-18(22-12-15)23-17(25)16-5-4-10-24(16)13-14-6-8-20-9-7-14/h4-12H,13H2,1-3H3,(H,21,22,23,25). The van der Waals surface area contributed by atoms with Gasteiger partial charge in [-0.15, -0.1) is 0 Å². The van der Waals surface area contributed by atoms with Crippen molar-refractivity contribution in [1.29, 1.82) is 0 Å². The molecule has 0 radical (unpaired) electrons. The second kappa shape index (κ2) is 6.84. The topological polar surface area (TPSA) is 72.7 Å². The Morgan fingerprint density at radius 3 is 2.44 bits per heavy atom. The van der Waals surface area contributed by atoms with Gasteiger partial charge in [-0.25, -0.2) is 9.97 Å². The Morgan fingerprint density at radius 2 is 1.80 bits per heavy atom. The molecule has 0 aliphatic carbocycles. The summed E-state index contributed by atoms with van der Waals surface area (Å²) in [6.45, 7) is 6.88. The molecule has 1 amide bonds. The Balaban J connectivity index is 1.73. The van der Waals surface area contributed by atoms with E-state index in [1.165, 1.54) is 0 Å². The lowest BCUT2D eigenvalue weighted by Gasteiger charge is -2.17. The van der Waals surface area contributed by atoms with Gasteiger partial charge in [0.1, 0.15) is 5.69 Å². The molecule has 0 aliphatic heterocycles. The summed E-state index contributed by atoms with van der Waals surface area (Å²) in [6.07, 6.45) is 8.85. The number of hydrogen-bond acceptors (Lipinski definition) is 4. The predicted molar refractivity (Wildman–Crippen MR) is 96.5 cm³/mol. The van der Waals surface area contributed by atoms with Crippen LogP contribution in [-0.2, 0) is 12.0 Å². The van der Waals surface area contributed by atoms with Gasteiger partial charge in [0, 0.05) is 37.5 Å². The monoisotopic (exact) mass is 335 g/mol. The first-order chi connectivity index (χ1) is 11.9. The van der Waals surface area contributed by atoms with Crippen molar-refractivity contribution >= 4 is 11.9 Å². The van der Waals surface area contributed by atoms with Gasteiger partial charge in [-0.3, -0.25) is 15.1 Å². The minimum atomic E-state index is -0.234. The first kappa shape index (κ1) is 16.8. The van der Waals surface area contributed by atoms with Crippen LogP contribution in [0.3, 0.4) is 0 Å². The van der Waals surface area contributed by atoms with E-state index in [1.54, 1.807) is 30.9 Å². The number of rotatable bonds is 4. The summed E-state index contributed by atoms with van der Waals surface area (Å²) in [6, 6.07) is 7.48. The van der Waals surface area contributed by atoms with Gasteiger partial charge >= 0.3 is 0 Å². The third-order valence-electron chi connectivity index (χ3n) is 3.91. The fraction of sp³-hybridized carbons (Fsp3) is 0.263. The Hall–Kier alpha value is -3.02. The lowest BCUT2D eigenvalue weighted by Crippen LogP contribution is -2.19. The number of amides is 1. The molecule has 3 aromatic heterocycles. The summed E-state index contributed by atoms with van der Waals surface area (Å²) in [4.78, 5) is 25.0. The van der Waals surface area contributed by atoms with E-state index in [9.17, 15) is 4.79 Å². The van der Waals surface area contributed by atoms with Crippen LogP contribution in [-0.4, -0.2) is 25.4 Å². The van der Waals surface area contributed by atoms with Crippen molar-refractivity contribution in [2.45, 2.75) is 32.7 Å². The highest BCUT2D eigenvalue weighted by molar-refractivity contribution is 6.02. The molecule has 0 spiro atoms. The number of nitrogens with one attached hydrogen (secondary N) is 1. The average molecular weight is 335 g/mol. The van der Waals surface area contributed by atoms with E-state index in [1.807, 2.05) is 29.0 Å². The molecule has 0 unspecified atom stereocenters. The molecule has 0 fully saturated rings. The van der Waals surface area contributed by atoms with Crippen LogP contribution in [0.25, 0.3) is 0 Å². The van der Waals surface area contributed by atoms with Gasteiger partial charge in [-0.1, -0.05) is 20.8 Å². The van der Waals surface area contributed by atoms with Crippen molar-refractivity contribution in [2.24, 2.45) is 0 Å². The third-order valence-corrected chi connectivity index (χ3v) is 3.91. The van der Waals surface area contributed by atoms with Crippen LogP contribution >= 0.6 is 0 Å². The van der Waals surface area contributed by atoms with Gasteiger partial charge in [0.05, 0.1) is 0 Å². The van der Waals surface area contributed by atoms with Gasteiger partial charge in [-0.2, -0.15) is 0 Å². The van der Waals surface area contributed by atoms with E-state index in [4.69, 9.17) is 0 Å². The minimum absolute atomic E-state index is 0.0260. The molecular formula is C19H21N5O. The first-order valence-electron chi connectivity index (χ1n) is 8.11. The SMILES string of the molecule is CC(C)(C)c1cnc(NC(=O)c2cccn2Cc2ccncc2)nc1. The van der Waals surface area contributed by atoms with E-state index in [0.717, 1.165) is 11.1 Å². The van der Waals surface area contributed by atoms with Crippen LogP contribution in [0.15, 0.2) is 55.2 Å². The lowest BCUT2D eigenvalue weighted by atomic mass is 9.89. The van der Waals surface area contributed by atoms with Crippen LogP contribution in [0.4, 0.5) is 5.95 Å². The maximum Gasteiger partial charge on any atom is 0.274 e. The second-order valence-electron chi connectivity index (χ2n) is 6.88. The number of nitrogens with zero attached hydrogens (tertiary/aromatic N) is 4. The largest absolute Gasteiger partial charge is 0.339 e. The molecule has 3 heterocycles. The third kappa shape index (κ3) is 4.09. The number of carbonyl (C=O) groups is 1. The highest BCUT2D eigenvalue weighted by atomic mass is 16.2. The molecule has 0 atom stereocenters. The molecule has 6 nitrogen and oxygen atoms in total. The molecule has 3 rings (SSSR count). The van der Waals surface area contributed by atoms with Gasteiger partial charge in [0.25, 0.3) is 5.91 Å². The zero-order chi connectivity index (χ0) is 17.9. The molecule has 0 saturated heterocycles. The Bertz CT molecular complexity index is 848. The van der Waals surface area contributed by atoms with Crippen molar-refractivity contribution in [2.75, 3.05) is 5.32 Å². The Morgan fingerprint density at radius 1 is 1.12 bits per heavy atom. The van der Waals surface area contributed by atoms with Crippen LogP contribution in [0, 0.1) is 0 Å². The molecule has 0 bridgehead atoms. The van der Waals surface area contributed by atoms with Crippen molar-refractivity contribution in [3.63, 3.8) is 0 Å². The van der Waals surface area contributed by atoms with E-state index in [-0.39, 0.29) is 11.3 Å². The molecule has 128 valence electrons.